The van der Waals surface area contributed by atoms with E-state index in [2.05, 4.69) is 15.2 Å². The van der Waals surface area contributed by atoms with Crippen molar-refractivity contribution in [3.8, 4) is 5.82 Å². The van der Waals surface area contributed by atoms with Gasteiger partial charge in [0, 0.05) is 18.6 Å². The molecule has 0 aliphatic rings. The summed E-state index contributed by atoms with van der Waals surface area (Å²) in [5.74, 6) is -0.445. The van der Waals surface area contributed by atoms with E-state index >= 15 is 0 Å². The molecule has 0 spiro atoms. The number of aromatic nitrogens is 5. The summed E-state index contributed by atoms with van der Waals surface area (Å²) in [6.45, 7) is 3.54. The molecule has 0 atom stereocenters. The number of carbonyl (C=O) groups is 1. The monoisotopic (exact) mass is 257 g/mol. The topological polar surface area (TPSA) is 85.3 Å². The maximum Gasteiger partial charge on any atom is 0.339 e. The van der Waals surface area contributed by atoms with Gasteiger partial charge in [0.15, 0.2) is 5.82 Å². The Morgan fingerprint density at radius 2 is 2.11 bits per heavy atom. The summed E-state index contributed by atoms with van der Waals surface area (Å²) in [5.41, 5.74) is 2.25. The number of aromatic carboxylic acids is 1. The van der Waals surface area contributed by atoms with Crippen LogP contribution in [-0.4, -0.2) is 35.5 Å². The van der Waals surface area contributed by atoms with E-state index in [1.54, 1.807) is 23.8 Å². The molecule has 0 unspecified atom stereocenters. The number of carboxylic acids is 1. The summed E-state index contributed by atoms with van der Waals surface area (Å²) in [6.07, 6.45) is 4.80. The highest BCUT2D eigenvalue weighted by molar-refractivity contribution is 5.88. The lowest BCUT2D eigenvalue weighted by Crippen LogP contribution is -2.02. The molecule has 3 heterocycles. The first-order chi connectivity index (χ1) is 9.06. The molecule has 0 aliphatic heterocycles. The smallest absolute Gasteiger partial charge is 0.339 e. The third kappa shape index (κ3) is 1.75. The third-order valence-electron chi connectivity index (χ3n) is 2.84. The van der Waals surface area contributed by atoms with Gasteiger partial charge in [-0.2, -0.15) is 10.2 Å². The molecular formula is C12H11N5O2. The molecule has 7 nitrogen and oxygen atoms in total. The van der Waals surface area contributed by atoms with Gasteiger partial charge in [-0.25, -0.2) is 19.0 Å². The minimum Gasteiger partial charge on any atom is -0.478 e. The first kappa shape index (κ1) is 11.4. The summed E-state index contributed by atoms with van der Waals surface area (Å²) in [6, 6.07) is 1.87. The summed E-state index contributed by atoms with van der Waals surface area (Å²) < 4.78 is 3.16. The Labute approximate surface area is 108 Å². The lowest BCUT2D eigenvalue weighted by Gasteiger charge is -2.01. The Balaban J connectivity index is 2.24. The van der Waals surface area contributed by atoms with Gasteiger partial charge in [-0.05, 0) is 19.9 Å². The third-order valence-corrected chi connectivity index (χ3v) is 2.84. The van der Waals surface area contributed by atoms with Crippen molar-refractivity contribution in [1.29, 1.82) is 0 Å². The predicted octanol–water partition coefficient (Wildman–Crippen LogP) is 1.23. The van der Waals surface area contributed by atoms with Crippen LogP contribution < -0.4 is 0 Å². The van der Waals surface area contributed by atoms with Gasteiger partial charge in [0.1, 0.15) is 11.1 Å². The van der Waals surface area contributed by atoms with E-state index in [9.17, 15) is 4.79 Å². The Hall–Kier alpha value is -2.70. The van der Waals surface area contributed by atoms with Crippen molar-refractivity contribution in [2.75, 3.05) is 0 Å². The van der Waals surface area contributed by atoms with E-state index in [1.165, 1.54) is 10.9 Å². The summed E-state index contributed by atoms with van der Waals surface area (Å²) >= 11 is 0. The van der Waals surface area contributed by atoms with Crippen molar-refractivity contribution in [3.05, 3.63) is 41.6 Å². The molecule has 7 heteroatoms. The first-order valence-electron chi connectivity index (χ1n) is 5.67. The molecule has 0 saturated heterocycles. The minimum absolute atomic E-state index is 0.167. The van der Waals surface area contributed by atoms with Crippen LogP contribution in [0.2, 0.25) is 0 Å². The van der Waals surface area contributed by atoms with E-state index < -0.39 is 5.97 Å². The number of hydrogen-bond acceptors (Lipinski definition) is 4. The lowest BCUT2D eigenvalue weighted by molar-refractivity contribution is 0.0696. The Kier molecular flexibility index (Phi) is 2.34. The SMILES string of the molecule is Cc1cc2c(-n3cc(C(=O)O)c(C)n3)nccn2n1. The number of fused-ring (bicyclic) bond motifs is 1. The summed E-state index contributed by atoms with van der Waals surface area (Å²) in [7, 11) is 0. The number of hydrogen-bond donors (Lipinski definition) is 1. The summed E-state index contributed by atoms with van der Waals surface area (Å²) in [4.78, 5) is 15.3. The molecule has 0 aromatic carbocycles. The van der Waals surface area contributed by atoms with E-state index in [0.717, 1.165) is 11.2 Å². The van der Waals surface area contributed by atoms with E-state index in [-0.39, 0.29) is 5.56 Å². The van der Waals surface area contributed by atoms with Crippen molar-refractivity contribution >= 4 is 11.5 Å². The molecule has 3 aromatic heterocycles. The largest absolute Gasteiger partial charge is 0.478 e. The van der Waals surface area contributed by atoms with Gasteiger partial charge in [-0.3, -0.25) is 0 Å². The standard InChI is InChI=1S/C12H11N5O2/c1-7-5-10-11(13-3-4-16(10)14-7)17-6-9(12(18)19)8(2)15-17/h3-6H,1-2H3,(H,18,19). The van der Waals surface area contributed by atoms with Gasteiger partial charge in [-0.1, -0.05) is 0 Å². The number of rotatable bonds is 2. The van der Waals surface area contributed by atoms with Gasteiger partial charge in [-0.15, -0.1) is 0 Å². The highest BCUT2D eigenvalue weighted by Crippen LogP contribution is 2.16. The first-order valence-corrected chi connectivity index (χ1v) is 5.67. The van der Waals surface area contributed by atoms with Gasteiger partial charge < -0.3 is 5.11 Å². The predicted molar refractivity (Wildman–Crippen MR) is 66.5 cm³/mol. The normalized spacial score (nSPS) is 11.1. The fourth-order valence-electron chi connectivity index (χ4n) is 1.99. The Morgan fingerprint density at radius 1 is 1.32 bits per heavy atom. The van der Waals surface area contributed by atoms with Crippen LogP contribution in [0.15, 0.2) is 24.7 Å². The second-order valence-electron chi connectivity index (χ2n) is 4.24. The average molecular weight is 257 g/mol. The van der Waals surface area contributed by atoms with Gasteiger partial charge >= 0.3 is 5.97 Å². The zero-order valence-electron chi connectivity index (χ0n) is 10.4. The Bertz CT molecular complexity index is 787. The molecule has 3 rings (SSSR count). The van der Waals surface area contributed by atoms with Crippen LogP contribution >= 0.6 is 0 Å². The van der Waals surface area contributed by atoms with Crippen LogP contribution in [0.1, 0.15) is 21.7 Å². The van der Waals surface area contributed by atoms with E-state index in [0.29, 0.717) is 11.5 Å². The molecule has 0 bridgehead atoms. The van der Waals surface area contributed by atoms with Crippen molar-refractivity contribution < 1.29 is 9.90 Å². The highest BCUT2D eigenvalue weighted by atomic mass is 16.4. The fourth-order valence-corrected chi connectivity index (χ4v) is 1.99. The molecule has 3 aromatic rings. The quantitative estimate of drug-likeness (QED) is 0.746. The molecule has 1 N–H and O–H groups in total. The number of carboxylic acid groups (broad SMARTS) is 1. The fraction of sp³-hybridized carbons (Fsp3) is 0.167. The average Bonchev–Trinajstić information content (AvgIpc) is 2.90. The number of nitrogens with zero attached hydrogens (tertiary/aromatic N) is 5. The maximum atomic E-state index is 11.0. The lowest BCUT2D eigenvalue weighted by atomic mass is 10.3. The Morgan fingerprint density at radius 3 is 2.79 bits per heavy atom. The second kappa shape index (κ2) is 3.91. The maximum absolute atomic E-state index is 11.0. The van der Waals surface area contributed by atoms with E-state index in [4.69, 9.17) is 5.11 Å². The second-order valence-corrected chi connectivity index (χ2v) is 4.24. The zero-order chi connectivity index (χ0) is 13.6. The molecule has 0 fully saturated rings. The van der Waals surface area contributed by atoms with Crippen LogP contribution in [0.3, 0.4) is 0 Å². The summed E-state index contributed by atoms with van der Waals surface area (Å²) in [5, 5.41) is 17.5. The molecular weight excluding hydrogens is 246 g/mol. The van der Waals surface area contributed by atoms with Crippen LogP contribution in [0.4, 0.5) is 0 Å². The van der Waals surface area contributed by atoms with E-state index in [1.807, 2.05) is 13.0 Å². The zero-order valence-corrected chi connectivity index (χ0v) is 10.4. The van der Waals surface area contributed by atoms with Crippen LogP contribution in [0, 0.1) is 13.8 Å². The van der Waals surface area contributed by atoms with Crippen LogP contribution in [0.25, 0.3) is 11.3 Å². The minimum atomic E-state index is -1.000. The van der Waals surface area contributed by atoms with Crippen LogP contribution in [-0.2, 0) is 0 Å². The molecule has 96 valence electrons. The van der Waals surface area contributed by atoms with Gasteiger partial charge in [0.05, 0.1) is 11.4 Å². The molecule has 19 heavy (non-hydrogen) atoms. The molecule has 0 radical (unpaired) electrons. The van der Waals surface area contributed by atoms with Crippen LogP contribution in [0.5, 0.6) is 0 Å². The van der Waals surface area contributed by atoms with Crippen molar-refractivity contribution in [2.24, 2.45) is 0 Å². The van der Waals surface area contributed by atoms with Crippen molar-refractivity contribution in [2.45, 2.75) is 13.8 Å². The molecule has 0 amide bonds. The molecule has 0 saturated carbocycles. The van der Waals surface area contributed by atoms with Crippen molar-refractivity contribution in [3.63, 3.8) is 0 Å². The number of aryl methyl sites for hydroxylation is 2. The molecule has 0 aliphatic carbocycles. The highest BCUT2D eigenvalue weighted by Gasteiger charge is 2.15. The van der Waals surface area contributed by atoms with Gasteiger partial charge in [0.25, 0.3) is 0 Å². The van der Waals surface area contributed by atoms with Gasteiger partial charge in [0.2, 0.25) is 0 Å². The van der Waals surface area contributed by atoms with Crippen molar-refractivity contribution in [1.82, 2.24) is 24.4 Å².